The Morgan fingerprint density at radius 2 is 1.85 bits per heavy atom. The predicted molar refractivity (Wildman–Crippen MR) is 108 cm³/mol. The summed E-state index contributed by atoms with van der Waals surface area (Å²) in [5, 5.41) is 11.5. The van der Waals surface area contributed by atoms with E-state index in [1.807, 2.05) is 64.3 Å². The van der Waals surface area contributed by atoms with E-state index in [0.29, 0.717) is 16.8 Å². The van der Waals surface area contributed by atoms with Gasteiger partial charge in [0.1, 0.15) is 5.82 Å². The lowest BCUT2D eigenvalue weighted by atomic mass is 10.1. The zero-order chi connectivity index (χ0) is 18.8. The minimum atomic E-state index is 0.604. The maximum atomic E-state index is 6.48. The SMILES string of the molecule is CNc1ccc(Nc2nc(-c3ccc(N(C)C)nc3)nn2C)c(Cl)c1C. The molecule has 136 valence electrons. The summed E-state index contributed by atoms with van der Waals surface area (Å²) < 4.78 is 1.69. The van der Waals surface area contributed by atoms with Crippen molar-refractivity contribution < 1.29 is 0 Å². The fraction of sp³-hybridized carbons (Fsp3) is 0.278. The topological polar surface area (TPSA) is 70.9 Å². The second-order valence-corrected chi connectivity index (χ2v) is 6.53. The van der Waals surface area contributed by atoms with E-state index in [-0.39, 0.29) is 0 Å². The average Bonchev–Trinajstić information content (AvgIpc) is 3.00. The van der Waals surface area contributed by atoms with Crippen molar-refractivity contribution in [2.75, 3.05) is 36.7 Å². The number of pyridine rings is 1. The fourth-order valence-corrected chi connectivity index (χ4v) is 2.78. The van der Waals surface area contributed by atoms with Crippen molar-refractivity contribution in [2.24, 2.45) is 7.05 Å². The summed E-state index contributed by atoms with van der Waals surface area (Å²) in [6.45, 7) is 1.97. The van der Waals surface area contributed by atoms with Gasteiger partial charge in [-0.1, -0.05) is 11.6 Å². The molecular weight excluding hydrogens is 350 g/mol. The van der Waals surface area contributed by atoms with Crippen LogP contribution in [0, 0.1) is 6.92 Å². The molecule has 0 saturated heterocycles. The van der Waals surface area contributed by atoms with Crippen molar-refractivity contribution >= 4 is 34.7 Å². The number of rotatable bonds is 5. The van der Waals surface area contributed by atoms with E-state index in [4.69, 9.17) is 11.6 Å². The molecule has 0 radical (unpaired) electrons. The van der Waals surface area contributed by atoms with Crippen LogP contribution in [-0.2, 0) is 7.05 Å². The summed E-state index contributed by atoms with van der Waals surface area (Å²) in [7, 11) is 7.61. The highest BCUT2D eigenvalue weighted by Gasteiger charge is 2.13. The molecule has 7 nitrogen and oxygen atoms in total. The molecule has 0 aliphatic heterocycles. The van der Waals surface area contributed by atoms with Crippen molar-refractivity contribution in [2.45, 2.75) is 6.92 Å². The van der Waals surface area contributed by atoms with Crippen LogP contribution in [0.1, 0.15) is 5.56 Å². The molecule has 0 bridgehead atoms. The highest BCUT2D eigenvalue weighted by molar-refractivity contribution is 6.34. The van der Waals surface area contributed by atoms with Crippen LogP contribution in [0.5, 0.6) is 0 Å². The van der Waals surface area contributed by atoms with Gasteiger partial charge < -0.3 is 15.5 Å². The lowest BCUT2D eigenvalue weighted by molar-refractivity contribution is 0.778. The number of halogens is 1. The normalized spacial score (nSPS) is 10.7. The highest BCUT2D eigenvalue weighted by Crippen LogP contribution is 2.32. The van der Waals surface area contributed by atoms with Crippen LogP contribution in [0.15, 0.2) is 30.5 Å². The van der Waals surface area contributed by atoms with E-state index >= 15 is 0 Å². The van der Waals surface area contributed by atoms with Crippen LogP contribution in [0.25, 0.3) is 11.4 Å². The monoisotopic (exact) mass is 371 g/mol. The zero-order valence-corrected chi connectivity index (χ0v) is 16.3. The van der Waals surface area contributed by atoms with E-state index < -0.39 is 0 Å². The number of hydrogen-bond acceptors (Lipinski definition) is 6. The van der Waals surface area contributed by atoms with Crippen LogP contribution >= 0.6 is 11.6 Å². The van der Waals surface area contributed by atoms with Crippen LogP contribution < -0.4 is 15.5 Å². The third-order valence-corrected chi connectivity index (χ3v) is 4.62. The maximum Gasteiger partial charge on any atom is 0.225 e. The second-order valence-electron chi connectivity index (χ2n) is 6.16. The van der Waals surface area contributed by atoms with Gasteiger partial charge in [0, 0.05) is 45.6 Å². The first-order valence-electron chi connectivity index (χ1n) is 8.19. The smallest absolute Gasteiger partial charge is 0.225 e. The molecule has 3 aromatic rings. The zero-order valence-electron chi connectivity index (χ0n) is 15.5. The molecule has 0 fully saturated rings. The number of nitrogens with zero attached hydrogens (tertiary/aromatic N) is 5. The summed E-state index contributed by atoms with van der Waals surface area (Å²) >= 11 is 6.48. The van der Waals surface area contributed by atoms with Crippen LogP contribution in [0.2, 0.25) is 5.02 Å². The lowest BCUT2D eigenvalue weighted by Crippen LogP contribution is -2.10. The van der Waals surface area contributed by atoms with E-state index in [2.05, 4.69) is 25.7 Å². The van der Waals surface area contributed by atoms with Crippen molar-refractivity contribution in [3.63, 3.8) is 0 Å². The van der Waals surface area contributed by atoms with E-state index in [1.165, 1.54) is 0 Å². The van der Waals surface area contributed by atoms with Gasteiger partial charge in [0.05, 0.1) is 10.7 Å². The van der Waals surface area contributed by atoms with Crippen LogP contribution in [-0.4, -0.2) is 40.9 Å². The quantitative estimate of drug-likeness (QED) is 0.712. The molecule has 26 heavy (non-hydrogen) atoms. The predicted octanol–water partition coefficient (Wildman–Crippen LogP) is 3.69. The molecule has 0 aliphatic rings. The van der Waals surface area contributed by atoms with Crippen LogP contribution in [0.3, 0.4) is 0 Å². The molecule has 8 heteroatoms. The molecule has 3 rings (SSSR count). The summed E-state index contributed by atoms with van der Waals surface area (Å²) in [6, 6.07) is 7.80. The standard InChI is InChI=1S/C18H22ClN7/c1-11-13(20-2)7-8-14(16(11)19)22-18-23-17(24-26(18)5)12-6-9-15(21-10-12)25(3)4/h6-10,20H,1-5H3,(H,22,23,24). The van der Waals surface area contributed by atoms with Gasteiger partial charge in [0.2, 0.25) is 5.95 Å². The molecule has 2 heterocycles. The average molecular weight is 372 g/mol. The molecule has 2 N–H and O–H groups in total. The van der Waals surface area contributed by atoms with Crippen molar-refractivity contribution in [3.05, 3.63) is 41.0 Å². The third kappa shape index (κ3) is 3.43. The highest BCUT2D eigenvalue weighted by atomic mass is 35.5. The fourth-order valence-electron chi connectivity index (χ4n) is 2.57. The molecule has 0 amide bonds. The van der Waals surface area contributed by atoms with Crippen molar-refractivity contribution in [1.29, 1.82) is 0 Å². The van der Waals surface area contributed by atoms with Gasteiger partial charge in [0.25, 0.3) is 0 Å². The van der Waals surface area contributed by atoms with Gasteiger partial charge in [0.15, 0.2) is 5.82 Å². The molecule has 0 unspecified atom stereocenters. The van der Waals surface area contributed by atoms with E-state index in [9.17, 15) is 0 Å². The summed E-state index contributed by atoms with van der Waals surface area (Å²) in [6.07, 6.45) is 1.77. The van der Waals surface area contributed by atoms with Gasteiger partial charge in [-0.15, -0.1) is 5.10 Å². The Hall–Kier alpha value is -2.80. The molecular formula is C18H22ClN7. The maximum absolute atomic E-state index is 6.48. The first kappa shape index (κ1) is 18.0. The second kappa shape index (κ2) is 7.21. The summed E-state index contributed by atoms with van der Waals surface area (Å²) in [4.78, 5) is 10.9. The van der Waals surface area contributed by atoms with Crippen LogP contribution in [0.4, 0.5) is 23.1 Å². The summed E-state index contributed by atoms with van der Waals surface area (Å²) in [5.41, 5.74) is 3.61. The Morgan fingerprint density at radius 3 is 2.46 bits per heavy atom. The largest absolute Gasteiger partial charge is 0.388 e. The van der Waals surface area contributed by atoms with Gasteiger partial charge in [-0.3, -0.25) is 0 Å². The first-order valence-corrected chi connectivity index (χ1v) is 8.57. The van der Waals surface area contributed by atoms with Crippen molar-refractivity contribution in [1.82, 2.24) is 19.7 Å². The lowest BCUT2D eigenvalue weighted by Gasteiger charge is -2.12. The van der Waals surface area contributed by atoms with Gasteiger partial charge >= 0.3 is 0 Å². The molecule has 1 aromatic carbocycles. The number of aromatic nitrogens is 4. The van der Waals surface area contributed by atoms with Gasteiger partial charge in [-0.2, -0.15) is 4.98 Å². The number of anilines is 4. The summed E-state index contributed by atoms with van der Waals surface area (Å²) in [5.74, 6) is 2.09. The Balaban J connectivity index is 1.88. The number of nitrogens with one attached hydrogen (secondary N) is 2. The Morgan fingerprint density at radius 1 is 1.12 bits per heavy atom. The Bertz CT molecular complexity index is 916. The van der Waals surface area contributed by atoms with Gasteiger partial charge in [-0.25, -0.2) is 9.67 Å². The van der Waals surface area contributed by atoms with Crippen molar-refractivity contribution in [3.8, 4) is 11.4 Å². The number of aryl methyl sites for hydroxylation is 1. The molecule has 0 saturated carbocycles. The third-order valence-electron chi connectivity index (χ3n) is 4.13. The molecule has 0 spiro atoms. The minimum Gasteiger partial charge on any atom is -0.388 e. The first-order chi connectivity index (χ1) is 12.4. The van der Waals surface area contributed by atoms with E-state index in [1.54, 1.807) is 10.9 Å². The Labute approximate surface area is 158 Å². The van der Waals surface area contributed by atoms with E-state index in [0.717, 1.165) is 28.3 Å². The molecule has 0 atom stereocenters. The Kier molecular flexibility index (Phi) is 4.99. The molecule has 2 aromatic heterocycles. The number of benzene rings is 1. The molecule has 0 aliphatic carbocycles. The minimum absolute atomic E-state index is 0.604. The number of hydrogen-bond donors (Lipinski definition) is 2. The van der Waals surface area contributed by atoms with Gasteiger partial charge in [-0.05, 0) is 36.8 Å².